The Morgan fingerprint density at radius 2 is 1.54 bits per heavy atom. The van der Waals surface area contributed by atoms with Gasteiger partial charge >= 0.3 is 32.9 Å². The topological polar surface area (TPSA) is 105 Å². The number of esters is 2. The van der Waals surface area contributed by atoms with Crippen LogP contribution in [0.2, 0.25) is 12.6 Å². The molecule has 0 bridgehead atoms. The van der Waals surface area contributed by atoms with E-state index in [-0.39, 0.29) is 12.8 Å². The average Bonchev–Trinajstić information content (AvgIpc) is 2.63. The van der Waals surface area contributed by atoms with Crippen molar-refractivity contribution in [1.82, 2.24) is 0 Å². The lowest BCUT2D eigenvalue weighted by Gasteiger charge is -2.22. The third-order valence-electron chi connectivity index (χ3n) is 2.97. The summed E-state index contributed by atoms with van der Waals surface area (Å²) in [5.41, 5.74) is -1.07. The van der Waals surface area contributed by atoms with Crippen LogP contribution in [0.1, 0.15) is 33.6 Å². The van der Waals surface area contributed by atoms with Crippen molar-refractivity contribution in [2.24, 2.45) is 0 Å². The molecular formula is C17H24B3O8. The predicted molar refractivity (Wildman–Crippen MR) is 104 cm³/mol. The predicted octanol–water partition coefficient (Wildman–Crippen LogP) is 1.17. The highest BCUT2D eigenvalue weighted by Gasteiger charge is 2.28. The van der Waals surface area contributed by atoms with Gasteiger partial charge in [-0.15, -0.1) is 0 Å². The molecule has 0 fully saturated rings. The van der Waals surface area contributed by atoms with Crippen LogP contribution in [0, 0.1) is 0 Å². The summed E-state index contributed by atoms with van der Waals surface area (Å²) in [5, 5.41) is 0. The number of hydrogen-bond acceptors (Lipinski definition) is 8. The SMILES string of the molecule is C=CC(=O)O[B]C(C)(C)OC(=O)CC[B]CCC(=O)O[B]C(C)OC(=O)C=C. The number of carbonyl (C=O) groups is 4. The molecule has 28 heavy (non-hydrogen) atoms. The highest BCUT2D eigenvalue weighted by Crippen LogP contribution is 2.11. The molecule has 0 saturated carbocycles. The summed E-state index contributed by atoms with van der Waals surface area (Å²) in [6, 6.07) is -0.681. The summed E-state index contributed by atoms with van der Waals surface area (Å²) >= 11 is 0. The van der Waals surface area contributed by atoms with Gasteiger partial charge in [0.25, 0.3) is 5.97 Å². The van der Waals surface area contributed by atoms with Crippen LogP contribution in [0.3, 0.4) is 0 Å². The molecule has 0 saturated heterocycles. The van der Waals surface area contributed by atoms with Crippen molar-refractivity contribution in [2.75, 3.05) is 0 Å². The van der Waals surface area contributed by atoms with Crippen molar-refractivity contribution in [3.8, 4) is 0 Å². The molecule has 0 spiro atoms. The van der Waals surface area contributed by atoms with E-state index in [2.05, 4.69) is 13.2 Å². The summed E-state index contributed by atoms with van der Waals surface area (Å²) in [7, 11) is 4.01. The smallest absolute Gasteiger partial charge is 0.422 e. The van der Waals surface area contributed by atoms with Crippen LogP contribution in [-0.2, 0) is 38.0 Å². The minimum Gasteiger partial charge on any atom is -0.534 e. The first-order chi connectivity index (χ1) is 13.1. The van der Waals surface area contributed by atoms with E-state index < -0.39 is 35.4 Å². The lowest BCUT2D eigenvalue weighted by atomic mass is 9.69. The van der Waals surface area contributed by atoms with E-state index in [0.29, 0.717) is 12.6 Å². The summed E-state index contributed by atoms with van der Waals surface area (Å²) in [6.45, 7) is 11.2. The maximum Gasteiger partial charge on any atom is 0.422 e. The standard InChI is InChI=1S/C17H24B3O8/c1-6-13(21)25-12(3)19-27-16(24)9-11-18-10-8-15(23)26-17(4,5)20-28-14(22)7-2/h6-7,12H,1-2,8-11H2,3-5H3. The Balaban J connectivity index is 3.86. The molecule has 0 aromatic carbocycles. The Morgan fingerprint density at radius 1 is 0.964 bits per heavy atom. The van der Waals surface area contributed by atoms with Gasteiger partial charge in [0, 0.05) is 25.0 Å². The molecule has 0 heterocycles. The second kappa shape index (κ2) is 13.7. The summed E-state index contributed by atoms with van der Waals surface area (Å²) in [6.07, 6.45) is 3.06. The Morgan fingerprint density at radius 3 is 2.11 bits per heavy atom. The van der Waals surface area contributed by atoms with Crippen LogP contribution >= 0.6 is 0 Å². The fourth-order valence-corrected chi connectivity index (χ4v) is 1.69. The summed E-state index contributed by atoms with van der Waals surface area (Å²) in [4.78, 5) is 45.3. The average molecular weight is 389 g/mol. The third-order valence-corrected chi connectivity index (χ3v) is 2.97. The van der Waals surface area contributed by atoms with Crippen molar-refractivity contribution in [1.29, 1.82) is 0 Å². The molecule has 1 atom stereocenters. The molecule has 0 aliphatic carbocycles. The number of hydrogen-bond donors (Lipinski definition) is 0. The maximum absolute atomic E-state index is 11.8. The molecule has 3 radical (unpaired) electrons. The molecule has 0 N–H and O–H groups in total. The van der Waals surface area contributed by atoms with Gasteiger partial charge in [-0.25, -0.2) is 9.59 Å². The van der Waals surface area contributed by atoms with E-state index in [0.717, 1.165) is 27.1 Å². The minimum atomic E-state index is -1.07. The first-order valence-corrected chi connectivity index (χ1v) is 8.66. The fourth-order valence-electron chi connectivity index (χ4n) is 1.69. The molecule has 149 valence electrons. The number of carbonyl (C=O) groups excluding carboxylic acids is 4. The molecule has 0 aromatic heterocycles. The monoisotopic (exact) mass is 389 g/mol. The lowest BCUT2D eigenvalue weighted by Crippen LogP contribution is -2.37. The van der Waals surface area contributed by atoms with Gasteiger partial charge in [0.2, 0.25) is 0 Å². The van der Waals surface area contributed by atoms with Crippen molar-refractivity contribution < 1.29 is 38.0 Å². The van der Waals surface area contributed by atoms with Crippen molar-refractivity contribution >= 4 is 46.1 Å². The summed E-state index contributed by atoms with van der Waals surface area (Å²) < 4.78 is 19.6. The van der Waals surface area contributed by atoms with Crippen molar-refractivity contribution in [2.45, 2.75) is 57.8 Å². The molecule has 11 heteroatoms. The van der Waals surface area contributed by atoms with Crippen LogP contribution < -0.4 is 0 Å². The van der Waals surface area contributed by atoms with Gasteiger partial charge in [-0.05, 0) is 20.8 Å². The lowest BCUT2D eigenvalue weighted by molar-refractivity contribution is -0.151. The molecule has 0 amide bonds. The Labute approximate surface area is 167 Å². The Hall–Kier alpha value is -2.45. The zero-order chi connectivity index (χ0) is 21.6. The maximum atomic E-state index is 11.8. The molecule has 0 aliphatic heterocycles. The van der Waals surface area contributed by atoms with Crippen LogP contribution in [0.25, 0.3) is 0 Å². The van der Waals surface area contributed by atoms with E-state index >= 15 is 0 Å². The van der Waals surface area contributed by atoms with Crippen LogP contribution in [0.5, 0.6) is 0 Å². The number of ether oxygens (including phenoxy) is 2. The molecule has 1 unspecified atom stereocenters. The quantitative estimate of drug-likeness (QED) is 0.189. The van der Waals surface area contributed by atoms with Gasteiger partial charge < -0.3 is 18.8 Å². The zero-order valence-corrected chi connectivity index (χ0v) is 16.5. The Kier molecular flexibility index (Phi) is 12.5. The number of rotatable bonds is 14. The van der Waals surface area contributed by atoms with Crippen molar-refractivity contribution in [3.63, 3.8) is 0 Å². The second-order valence-electron chi connectivity index (χ2n) is 6.17. The van der Waals surface area contributed by atoms with Gasteiger partial charge in [-0.3, -0.25) is 9.59 Å². The zero-order valence-electron chi connectivity index (χ0n) is 16.5. The van der Waals surface area contributed by atoms with E-state index in [4.69, 9.17) is 18.8 Å². The molecule has 0 aliphatic rings. The van der Waals surface area contributed by atoms with Gasteiger partial charge in [0.1, 0.15) is 18.8 Å². The Bertz CT molecular complexity index is 577. The third kappa shape index (κ3) is 13.7. The molecule has 0 rings (SSSR count). The van der Waals surface area contributed by atoms with E-state index in [1.165, 1.54) is 0 Å². The highest BCUT2D eigenvalue weighted by atomic mass is 16.6. The minimum absolute atomic E-state index is 0.113. The van der Waals surface area contributed by atoms with E-state index in [9.17, 15) is 19.2 Å². The molecular weight excluding hydrogens is 365 g/mol. The normalized spacial score (nSPS) is 11.2. The van der Waals surface area contributed by atoms with Crippen LogP contribution in [0.15, 0.2) is 25.3 Å². The van der Waals surface area contributed by atoms with Gasteiger partial charge in [-0.1, -0.05) is 25.8 Å². The molecule has 8 nitrogen and oxygen atoms in total. The van der Waals surface area contributed by atoms with Gasteiger partial charge in [0.05, 0.1) is 0 Å². The molecule has 0 aromatic rings. The highest BCUT2D eigenvalue weighted by molar-refractivity contribution is 6.37. The summed E-state index contributed by atoms with van der Waals surface area (Å²) in [5.74, 6) is -2.21. The van der Waals surface area contributed by atoms with Gasteiger partial charge in [-0.2, -0.15) is 0 Å². The van der Waals surface area contributed by atoms with E-state index in [1.807, 2.05) is 0 Å². The first-order valence-electron chi connectivity index (χ1n) is 8.66. The van der Waals surface area contributed by atoms with E-state index in [1.54, 1.807) is 28.1 Å². The fraction of sp³-hybridized carbons (Fsp3) is 0.529. The second-order valence-corrected chi connectivity index (χ2v) is 6.17. The first kappa shape index (κ1) is 25.6. The van der Waals surface area contributed by atoms with Crippen molar-refractivity contribution in [3.05, 3.63) is 25.3 Å². The van der Waals surface area contributed by atoms with Crippen LogP contribution in [0.4, 0.5) is 0 Å². The largest absolute Gasteiger partial charge is 0.534 e. The van der Waals surface area contributed by atoms with Gasteiger partial charge in [0.15, 0.2) is 0 Å². The van der Waals surface area contributed by atoms with Crippen LogP contribution in [-0.4, -0.2) is 57.6 Å².